The molecule has 0 saturated carbocycles. The maximum atomic E-state index is 8.64. The van der Waals surface area contributed by atoms with Crippen LogP contribution < -0.4 is 10.1 Å². The molecule has 1 rings (SSSR count). The average Bonchev–Trinajstić information content (AvgIpc) is 2.29. The monoisotopic (exact) mass is 223 g/mol. The van der Waals surface area contributed by atoms with E-state index in [-0.39, 0.29) is 6.73 Å². The van der Waals surface area contributed by atoms with E-state index in [0.717, 1.165) is 18.7 Å². The van der Waals surface area contributed by atoms with E-state index in [1.54, 1.807) is 7.11 Å². The van der Waals surface area contributed by atoms with Crippen LogP contribution in [0.3, 0.4) is 0 Å². The van der Waals surface area contributed by atoms with Gasteiger partial charge in [0, 0.05) is 6.54 Å². The molecule has 16 heavy (non-hydrogen) atoms. The standard InChI is InChI=1S/C13H21NO2/c1-10(2)12-8-11(6-7-14-9-15)4-5-13(12)16-3/h4-5,8,10,14-15H,6-7,9H2,1-3H3. The first-order chi connectivity index (χ1) is 7.69. The van der Waals surface area contributed by atoms with E-state index in [1.165, 1.54) is 11.1 Å². The topological polar surface area (TPSA) is 41.5 Å². The third-order valence-corrected chi connectivity index (χ3v) is 2.62. The maximum absolute atomic E-state index is 8.64. The van der Waals surface area contributed by atoms with Crippen molar-refractivity contribution in [3.63, 3.8) is 0 Å². The number of hydrogen-bond donors (Lipinski definition) is 2. The number of ether oxygens (including phenoxy) is 1. The molecule has 0 aliphatic carbocycles. The zero-order valence-electron chi connectivity index (χ0n) is 10.3. The highest BCUT2D eigenvalue weighted by Gasteiger charge is 2.07. The van der Waals surface area contributed by atoms with Gasteiger partial charge in [-0.05, 0) is 29.5 Å². The van der Waals surface area contributed by atoms with E-state index in [1.807, 2.05) is 6.07 Å². The zero-order valence-corrected chi connectivity index (χ0v) is 10.3. The van der Waals surface area contributed by atoms with Gasteiger partial charge in [0.15, 0.2) is 0 Å². The van der Waals surface area contributed by atoms with E-state index in [9.17, 15) is 0 Å². The summed E-state index contributed by atoms with van der Waals surface area (Å²) in [6.45, 7) is 5.15. The molecule has 0 heterocycles. The molecule has 0 amide bonds. The summed E-state index contributed by atoms with van der Waals surface area (Å²) in [7, 11) is 1.70. The number of hydrogen-bond acceptors (Lipinski definition) is 3. The number of aliphatic hydroxyl groups excluding tert-OH is 1. The lowest BCUT2D eigenvalue weighted by Crippen LogP contribution is -2.17. The number of aliphatic hydroxyl groups is 1. The summed E-state index contributed by atoms with van der Waals surface area (Å²) in [4.78, 5) is 0. The zero-order chi connectivity index (χ0) is 12.0. The summed E-state index contributed by atoms with van der Waals surface area (Å²) in [5.41, 5.74) is 2.51. The molecular formula is C13H21NO2. The molecule has 0 aromatic heterocycles. The van der Waals surface area contributed by atoms with E-state index >= 15 is 0 Å². The van der Waals surface area contributed by atoms with Gasteiger partial charge in [0.1, 0.15) is 5.75 Å². The molecule has 3 nitrogen and oxygen atoms in total. The Hall–Kier alpha value is -1.06. The van der Waals surface area contributed by atoms with Crippen LogP contribution in [0.1, 0.15) is 30.9 Å². The van der Waals surface area contributed by atoms with Gasteiger partial charge >= 0.3 is 0 Å². The Bertz CT molecular complexity index is 324. The third-order valence-electron chi connectivity index (χ3n) is 2.62. The number of rotatable bonds is 6. The molecule has 0 radical (unpaired) electrons. The first-order valence-electron chi connectivity index (χ1n) is 5.67. The summed E-state index contributed by atoms with van der Waals surface area (Å²) < 4.78 is 5.33. The van der Waals surface area contributed by atoms with Crippen molar-refractivity contribution >= 4 is 0 Å². The summed E-state index contributed by atoms with van der Waals surface area (Å²) in [5, 5.41) is 11.5. The summed E-state index contributed by atoms with van der Waals surface area (Å²) >= 11 is 0. The van der Waals surface area contributed by atoms with Crippen molar-refractivity contribution in [2.75, 3.05) is 20.4 Å². The predicted molar refractivity (Wildman–Crippen MR) is 65.9 cm³/mol. The smallest absolute Gasteiger partial charge is 0.122 e. The molecule has 0 fully saturated rings. The van der Waals surface area contributed by atoms with Gasteiger partial charge in [0.2, 0.25) is 0 Å². The Kier molecular flexibility index (Phi) is 5.29. The lowest BCUT2D eigenvalue weighted by Gasteiger charge is -2.13. The number of benzene rings is 1. The van der Waals surface area contributed by atoms with Gasteiger partial charge < -0.3 is 9.84 Å². The van der Waals surface area contributed by atoms with E-state index in [4.69, 9.17) is 9.84 Å². The van der Waals surface area contributed by atoms with Crippen LogP contribution >= 0.6 is 0 Å². The van der Waals surface area contributed by atoms with Crippen molar-refractivity contribution in [3.8, 4) is 5.75 Å². The van der Waals surface area contributed by atoms with Gasteiger partial charge in [-0.25, -0.2) is 0 Å². The van der Waals surface area contributed by atoms with Crippen molar-refractivity contribution in [2.24, 2.45) is 0 Å². The largest absolute Gasteiger partial charge is 0.496 e. The maximum Gasteiger partial charge on any atom is 0.122 e. The Labute approximate surface area is 97.4 Å². The lowest BCUT2D eigenvalue weighted by atomic mass is 9.98. The van der Waals surface area contributed by atoms with Crippen LogP contribution in [0.4, 0.5) is 0 Å². The normalized spacial score (nSPS) is 10.8. The Balaban J connectivity index is 2.77. The number of nitrogens with one attached hydrogen (secondary N) is 1. The SMILES string of the molecule is COc1ccc(CCNCO)cc1C(C)C. The Morgan fingerprint density at radius 1 is 1.38 bits per heavy atom. The van der Waals surface area contributed by atoms with Crippen molar-refractivity contribution < 1.29 is 9.84 Å². The van der Waals surface area contributed by atoms with Crippen LogP contribution in [0.15, 0.2) is 18.2 Å². The highest BCUT2D eigenvalue weighted by molar-refractivity contribution is 5.39. The minimum absolute atomic E-state index is 0.0349. The molecule has 0 atom stereocenters. The fourth-order valence-corrected chi connectivity index (χ4v) is 1.70. The van der Waals surface area contributed by atoms with Gasteiger partial charge in [-0.1, -0.05) is 26.0 Å². The molecule has 2 N–H and O–H groups in total. The van der Waals surface area contributed by atoms with Gasteiger partial charge in [-0.2, -0.15) is 0 Å². The van der Waals surface area contributed by atoms with E-state index in [0.29, 0.717) is 5.92 Å². The fraction of sp³-hybridized carbons (Fsp3) is 0.538. The summed E-state index contributed by atoms with van der Waals surface area (Å²) in [6, 6.07) is 6.27. The van der Waals surface area contributed by atoms with Gasteiger partial charge in [-0.15, -0.1) is 0 Å². The van der Waals surface area contributed by atoms with Crippen molar-refractivity contribution in [2.45, 2.75) is 26.2 Å². The molecule has 0 saturated heterocycles. The molecule has 1 aromatic rings. The second-order valence-corrected chi connectivity index (χ2v) is 4.14. The van der Waals surface area contributed by atoms with Crippen molar-refractivity contribution in [1.29, 1.82) is 0 Å². The van der Waals surface area contributed by atoms with E-state index in [2.05, 4.69) is 31.3 Å². The van der Waals surface area contributed by atoms with Crippen LogP contribution in [0, 0.1) is 0 Å². The molecule has 0 bridgehead atoms. The van der Waals surface area contributed by atoms with Gasteiger partial charge in [0.05, 0.1) is 13.8 Å². The van der Waals surface area contributed by atoms with Crippen LogP contribution in [0.25, 0.3) is 0 Å². The van der Waals surface area contributed by atoms with Crippen molar-refractivity contribution in [3.05, 3.63) is 29.3 Å². The minimum Gasteiger partial charge on any atom is -0.496 e. The molecule has 0 spiro atoms. The first-order valence-corrected chi connectivity index (χ1v) is 5.67. The summed E-state index contributed by atoms with van der Waals surface area (Å²) in [5.74, 6) is 1.41. The molecule has 1 aromatic carbocycles. The predicted octanol–water partition coefficient (Wildman–Crippen LogP) is 1.90. The molecular weight excluding hydrogens is 202 g/mol. The Morgan fingerprint density at radius 2 is 2.12 bits per heavy atom. The van der Waals surface area contributed by atoms with Crippen LogP contribution in [-0.2, 0) is 6.42 Å². The Morgan fingerprint density at radius 3 is 2.69 bits per heavy atom. The van der Waals surface area contributed by atoms with Crippen LogP contribution in [0.2, 0.25) is 0 Å². The van der Waals surface area contributed by atoms with Crippen LogP contribution in [-0.4, -0.2) is 25.5 Å². The average molecular weight is 223 g/mol. The third kappa shape index (κ3) is 3.51. The second kappa shape index (κ2) is 6.51. The first kappa shape index (κ1) is 13.0. The molecule has 0 aliphatic heterocycles. The highest BCUT2D eigenvalue weighted by atomic mass is 16.5. The second-order valence-electron chi connectivity index (χ2n) is 4.14. The van der Waals surface area contributed by atoms with Gasteiger partial charge in [0.25, 0.3) is 0 Å². The van der Waals surface area contributed by atoms with E-state index < -0.39 is 0 Å². The number of methoxy groups -OCH3 is 1. The van der Waals surface area contributed by atoms with Gasteiger partial charge in [-0.3, -0.25) is 5.32 Å². The van der Waals surface area contributed by atoms with Crippen LogP contribution in [0.5, 0.6) is 5.75 Å². The quantitative estimate of drug-likeness (QED) is 0.571. The molecule has 0 unspecified atom stereocenters. The summed E-state index contributed by atoms with van der Waals surface area (Å²) in [6.07, 6.45) is 0.921. The molecule has 0 aliphatic rings. The van der Waals surface area contributed by atoms with Crippen molar-refractivity contribution in [1.82, 2.24) is 5.32 Å². The fourth-order valence-electron chi connectivity index (χ4n) is 1.70. The molecule has 3 heteroatoms. The molecule has 90 valence electrons. The minimum atomic E-state index is 0.0349. The lowest BCUT2D eigenvalue weighted by molar-refractivity contribution is 0.262. The highest BCUT2D eigenvalue weighted by Crippen LogP contribution is 2.27.